The van der Waals surface area contributed by atoms with E-state index in [1.54, 1.807) is 36.4 Å². The van der Waals surface area contributed by atoms with Gasteiger partial charge >= 0.3 is 0 Å². The molecule has 0 bridgehead atoms. The number of hydrogen-bond acceptors (Lipinski definition) is 5. The molecular weight excluding hydrogens is 310 g/mol. The van der Waals surface area contributed by atoms with E-state index < -0.39 is 0 Å². The number of pyridine rings is 1. The van der Waals surface area contributed by atoms with E-state index in [1.807, 2.05) is 30.3 Å². The van der Waals surface area contributed by atoms with Gasteiger partial charge in [-0.3, -0.25) is 4.79 Å². The van der Waals surface area contributed by atoms with Crippen molar-refractivity contribution in [3.63, 3.8) is 0 Å². The minimum atomic E-state index is -0.0530. The number of amides is 1. The molecule has 0 unspecified atom stereocenters. The molecule has 3 aromatic rings. The summed E-state index contributed by atoms with van der Waals surface area (Å²) in [5.74, 6) is 1.21. The number of carbonyl (C=O) groups excluding carboxylic acids is 1. The molecule has 23 heavy (non-hydrogen) atoms. The second-order valence-corrected chi connectivity index (χ2v) is 5.84. The summed E-state index contributed by atoms with van der Waals surface area (Å²) in [6.07, 6.45) is 5.04. The zero-order valence-corrected chi connectivity index (χ0v) is 13.1. The highest BCUT2D eigenvalue weighted by Gasteiger charge is 2.10. The normalized spacial score (nSPS) is 10.4. The summed E-state index contributed by atoms with van der Waals surface area (Å²) >= 11 is 1.66. The van der Waals surface area contributed by atoms with Crippen LogP contribution in [0.25, 0.3) is 5.82 Å². The van der Waals surface area contributed by atoms with E-state index in [9.17, 15) is 4.79 Å². The van der Waals surface area contributed by atoms with Gasteiger partial charge in [-0.15, -0.1) is 11.8 Å². The average molecular weight is 325 g/mol. The van der Waals surface area contributed by atoms with Gasteiger partial charge in [0.2, 0.25) is 5.91 Å². The van der Waals surface area contributed by atoms with Crippen LogP contribution < -0.4 is 5.32 Å². The van der Waals surface area contributed by atoms with Crippen LogP contribution in [0.5, 0.6) is 0 Å². The summed E-state index contributed by atoms with van der Waals surface area (Å²) in [6, 6.07) is 13.6. The van der Waals surface area contributed by atoms with Gasteiger partial charge in [-0.1, -0.05) is 18.2 Å². The van der Waals surface area contributed by atoms with Crippen molar-refractivity contribution in [1.82, 2.24) is 19.7 Å². The monoisotopic (exact) mass is 325 g/mol. The van der Waals surface area contributed by atoms with Crippen LogP contribution in [0.3, 0.4) is 0 Å². The molecule has 0 saturated carbocycles. The molecule has 7 heteroatoms. The first kappa shape index (κ1) is 15.2. The van der Waals surface area contributed by atoms with Crippen LogP contribution in [0.15, 0.2) is 66.2 Å². The Kier molecular flexibility index (Phi) is 5.00. The van der Waals surface area contributed by atoms with Crippen molar-refractivity contribution in [2.24, 2.45) is 0 Å². The van der Waals surface area contributed by atoms with Gasteiger partial charge in [-0.05, 0) is 24.3 Å². The Morgan fingerprint density at radius 2 is 2.04 bits per heavy atom. The summed E-state index contributed by atoms with van der Waals surface area (Å²) in [4.78, 5) is 21.4. The third-order valence-corrected chi connectivity index (χ3v) is 4.05. The van der Waals surface area contributed by atoms with Crippen LogP contribution in [0, 0.1) is 0 Å². The fraction of sp³-hybridized carbons (Fsp3) is 0.125. The van der Waals surface area contributed by atoms with Crippen molar-refractivity contribution in [1.29, 1.82) is 0 Å². The molecule has 0 radical (unpaired) electrons. The molecule has 116 valence electrons. The summed E-state index contributed by atoms with van der Waals surface area (Å²) in [6.45, 7) is 0. The number of hydrogen-bond donors (Lipinski definition) is 1. The smallest absolute Gasteiger partial charge is 0.225 e. The first-order chi connectivity index (χ1) is 11.3. The highest BCUT2D eigenvalue weighted by molar-refractivity contribution is 7.99. The predicted octanol–water partition coefficient (Wildman–Crippen LogP) is 2.78. The van der Waals surface area contributed by atoms with Crippen molar-refractivity contribution in [2.45, 2.75) is 11.3 Å². The minimum absolute atomic E-state index is 0.0530. The van der Waals surface area contributed by atoms with E-state index >= 15 is 0 Å². The molecule has 0 fully saturated rings. The Labute approximate surface area is 138 Å². The summed E-state index contributed by atoms with van der Waals surface area (Å²) in [7, 11) is 0. The zero-order chi connectivity index (χ0) is 15.9. The van der Waals surface area contributed by atoms with Gasteiger partial charge in [-0.25, -0.2) is 14.6 Å². The zero-order valence-electron chi connectivity index (χ0n) is 12.3. The second-order valence-electron chi connectivity index (χ2n) is 4.67. The van der Waals surface area contributed by atoms with E-state index in [0.29, 0.717) is 17.9 Å². The van der Waals surface area contributed by atoms with Gasteiger partial charge in [0.1, 0.15) is 12.7 Å². The predicted molar refractivity (Wildman–Crippen MR) is 89.6 cm³/mol. The van der Waals surface area contributed by atoms with Gasteiger partial charge < -0.3 is 5.32 Å². The second kappa shape index (κ2) is 7.55. The molecule has 0 aliphatic carbocycles. The lowest BCUT2D eigenvalue weighted by molar-refractivity contribution is -0.115. The number of aromatic nitrogens is 4. The van der Waals surface area contributed by atoms with E-state index in [-0.39, 0.29) is 5.91 Å². The molecule has 1 N–H and O–H groups in total. The van der Waals surface area contributed by atoms with Crippen LogP contribution in [-0.4, -0.2) is 31.4 Å². The molecule has 1 aromatic carbocycles. The van der Waals surface area contributed by atoms with Crippen LogP contribution >= 0.6 is 11.8 Å². The number of nitrogens with one attached hydrogen (secondary N) is 1. The number of rotatable bonds is 6. The van der Waals surface area contributed by atoms with Crippen molar-refractivity contribution < 1.29 is 4.79 Å². The maximum atomic E-state index is 12.1. The molecule has 6 nitrogen and oxygen atoms in total. The van der Waals surface area contributed by atoms with E-state index in [2.05, 4.69) is 20.4 Å². The maximum absolute atomic E-state index is 12.1. The molecule has 0 saturated heterocycles. The number of carbonyl (C=O) groups is 1. The molecule has 3 rings (SSSR count). The third kappa shape index (κ3) is 4.17. The van der Waals surface area contributed by atoms with Crippen LogP contribution in [0.2, 0.25) is 0 Å². The van der Waals surface area contributed by atoms with E-state index in [1.165, 1.54) is 11.0 Å². The van der Waals surface area contributed by atoms with Crippen molar-refractivity contribution in [3.8, 4) is 5.82 Å². The number of benzene rings is 1. The summed E-state index contributed by atoms with van der Waals surface area (Å²) < 4.78 is 1.52. The largest absolute Gasteiger partial charge is 0.323 e. The number of anilines is 1. The van der Waals surface area contributed by atoms with Crippen LogP contribution in [0.1, 0.15) is 6.42 Å². The van der Waals surface area contributed by atoms with Gasteiger partial charge in [-0.2, -0.15) is 5.10 Å². The van der Waals surface area contributed by atoms with Crippen molar-refractivity contribution in [3.05, 3.63) is 61.3 Å². The van der Waals surface area contributed by atoms with E-state index in [0.717, 1.165) is 10.6 Å². The fourth-order valence-electron chi connectivity index (χ4n) is 1.99. The van der Waals surface area contributed by atoms with Crippen molar-refractivity contribution in [2.75, 3.05) is 11.1 Å². The first-order valence-corrected chi connectivity index (χ1v) is 8.09. The molecule has 0 aliphatic rings. The van der Waals surface area contributed by atoms with Gasteiger partial charge in [0.05, 0.1) is 5.69 Å². The van der Waals surface area contributed by atoms with Crippen LogP contribution in [-0.2, 0) is 4.79 Å². The molecule has 0 atom stereocenters. The highest BCUT2D eigenvalue weighted by Crippen LogP contribution is 2.19. The maximum Gasteiger partial charge on any atom is 0.225 e. The minimum Gasteiger partial charge on any atom is -0.323 e. The van der Waals surface area contributed by atoms with Crippen LogP contribution in [0.4, 0.5) is 5.69 Å². The van der Waals surface area contributed by atoms with Crippen molar-refractivity contribution >= 4 is 23.4 Å². The number of nitrogens with zero attached hydrogens (tertiary/aromatic N) is 4. The standard InChI is InChI=1S/C16H15N5OS/c22-15(8-10-23-13-5-2-1-3-6-13)20-14-7-4-9-18-16(14)21-12-17-11-19-21/h1-7,9,11-12H,8,10H2,(H,20,22). The highest BCUT2D eigenvalue weighted by atomic mass is 32.2. The average Bonchev–Trinajstić information content (AvgIpc) is 3.11. The topological polar surface area (TPSA) is 72.7 Å². The van der Waals surface area contributed by atoms with Gasteiger partial charge in [0.15, 0.2) is 5.82 Å². The van der Waals surface area contributed by atoms with E-state index in [4.69, 9.17) is 0 Å². The molecule has 1 amide bonds. The first-order valence-electron chi connectivity index (χ1n) is 7.10. The summed E-state index contributed by atoms with van der Waals surface area (Å²) in [5, 5.41) is 6.93. The lowest BCUT2D eigenvalue weighted by Crippen LogP contribution is -2.15. The molecule has 2 aromatic heterocycles. The Morgan fingerprint density at radius 1 is 1.17 bits per heavy atom. The Morgan fingerprint density at radius 3 is 2.83 bits per heavy atom. The number of thioether (sulfide) groups is 1. The summed E-state index contributed by atoms with van der Waals surface area (Å²) in [5.41, 5.74) is 0.618. The molecule has 0 spiro atoms. The fourth-order valence-corrected chi connectivity index (χ4v) is 2.86. The quantitative estimate of drug-likeness (QED) is 0.706. The lowest BCUT2D eigenvalue weighted by atomic mass is 10.3. The molecular formula is C16H15N5OS. The Hall–Kier alpha value is -2.67. The van der Waals surface area contributed by atoms with Gasteiger partial charge in [0.25, 0.3) is 0 Å². The SMILES string of the molecule is O=C(CCSc1ccccc1)Nc1cccnc1-n1cncn1. The molecule has 0 aliphatic heterocycles. The Balaban J connectivity index is 1.58. The third-order valence-electron chi connectivity index (χ3n) is 3.04. The molecule has 2 heterocycles. The lowest BCUT2D eigenvalue weighted by Gasteiger charge is -2.09. The Bertz CT molecular complexity index is 761. The van der Waals surface area contributed by atoms with Gasteiger partial charge in [0, 0.05) is 23.3 Å².